The number of nitrogens with zero attached hydrogens (tertiary/aromatic N) is 1. The first-order chi connectivity index (χ1) is 7.64. The van der Waals surface area contributed by atoms with Gasteiger partial charge >= 0.3 is 18.1 Å². The fourth-order valence-corrected chi connectivity index (χ4v) is 1.26. The third-order valence-electron chi connectivity index (χ3n) is 2.31. The van der Waals surface area contributed by atoms with Crippen LogP contribution in [0.1, 0.15) is 12.8 Å². The molecule has 108 valence electrons. The predicted octanol–water partition coefficient (Wildman–Crippen LogP) is 1.47. The van der Waals surface area contributed by atoms with E-state index in [2.05, 4.69) is 4.90 Å². The van der Waals surface area contributed by atoms with Crippen LogP contribution >= 0.6 is 12.4 Å². The summed E-state index contributed by atoms with van der Waals surface area (Å²) in [6.07, 6.45) is -3.46. The molecule has 1 aliphatic rings. The average Bonchev–Trinajstić information content (AvgIpc) is 2.17. The van der Waals surface area contributed by atoms with E-state index < -0.39 is 18.1 Å². The topological polar surface area (TPSA) is 77.8 Å². The number of alkyl halides is 3. The second-order valence-electron chi connectivity index (χ2n) is 3.72. The van der Waals surface area contributed by atoms with Crippen LogP contribution in [0, 0.1) is 5.92 Å². The Morgan fingerprint density at radius 2 is 1.50 bits per heavy atom. The number of aliphatic carboxylic acids is 2. The molecular formula is C9H15ClF3NO4. The number of hydrogen-bond donors (Lipinski definition) is 2. The van der Waals surface area contributed by atoms with Gasteiger partial charge in [0.25, 0.3) is 0 Å². The number of likely N-dealkylation sites (tertiary alicyclic amines) is 1. The lowest BCUT2D eigenvalue weighted by Crippen LogP contribution is -2.33. The highest BCUT2D eigenvalue weighted by molar-refractivity contribution is 5.85. The summed E-state index contributed by atoms with van der Waals surface area (Å²) in [6.45, 7) is 1.86. The minimum Gasteiger partial charge on any atom is -0.481 e. The van der Waals surface area contributed by atoms with Crippen LogP contribution in [0.15, 0.2) is 0 Å². The second-order valence-corrected chi connectivity index (χ2v) is 3.72. The van der Waals surface area contributed by atoms with Crippen molar-refractivity contribution in [3.05, 3.63) is 0 Å². The smallest absolute Gasteiger partial charge is 0.481 e. The fraction of sp³-hybridized carbons (Fsp3) is 0.778. The lowest BCUT2D eigenvalue weighted by molar-refractivity contribution is -0.192. The maximum Gasteiger partial charge on any atom is 0.490 e. The van der Waals surface area contributed by atoms with Crippen molar-refractivity contribution >= 4 is 24.3 Å². The Morgan fingerprint density at radius 1 is 1.17 bits per heavy atom. The van der Waals surface area contributed by atoms with Crippen LogP contribution in [0.2, 0.25) is 0 Å². The fourth-order valence-electron chi connectivity index (χ4n) is 1.26. The van der Waals surface area contributed by atoms with Gasteiger partial charge in [0.2, 0.25) is 0 Å². The van der Waals surface area contributed by atoms with E-state index in [1.807, 2.05) is 7.05 Å². The molecule has 0 radical (unpaired) electrons. The van der Waals surface area contributed by atoms with Crippen LogP contribution in [0.3, 0.4) is 0 Å². The van der Waals surface area contributed by atoms with Gasteiger partial charge in [0.1, 0.15) is 0 Å². The molecule has 0 amide bonds. The van der Waals surface area contributed by atoms with E-state index in [1.54, 1.807) is 0 Å². The van der Waals surface area contributed by atoms with Gasteiger partial charge < -0.3 is 15.1 Å². The van der Waals surface area contributed by atoms with Gasteiger partial charge in [-0.1, -0.05) is 0 Å². The van der Waals surface area contributed by atoms with Gasteiger partial charge in [-0.15, -0.1) is 12.4 Å². The van der Waals surface area contributed by atoms with Crippen molar-refractivity contribution in [1.29, 1.82) is 0 Å². The van der Waals surface area contributed by atoms with Crippen molar-refractivity contribution in [3.8, 4) is 0 Å². The van der Waals surface area contributed by atoms with E-state index in [9.17, 15) is 18.0 Å². The predicted molar refractivity (Wildman–Crippen MR) is 58.8 cm³/mol. The minimum atomic E-state index is -5.08. The van der Waals surface area contributed by atoms with E-state index >= 15 is 0 Å². The van der Waals surface area contributed by atoms with Crippen LogP contribution < -0.4 is 0 Å². The molecule has 0 saturated carbocycles. The molecule has 0 aromatic carbocycles. The second kappa shape index (κ2) is 8.15. The molecule has 0 aromatic heterocycles. The lowest BCUT2D eigenvalue weighted by Gasteiger charge is -2.25. The third-order valence-corrected chi connectivity index (χ3v) is 2.31. The van der Waals surface area contributed by atoms with Crippen molar-refractivity contribution in [2.24, 2.45) is 5.92 Å². The molecule has 0 bridgehead atoms. The normalized spacial score (nSPS) is 17.1. The van der Waals surface area contributed by atoms with Gasteiger partial charge in [0, 0.05) is 0 Å². The Kier molecular flexibility index (Phi) is 8.75. The Bertz CT molecular complexity index is 277. The monoisotopic (exact) mass is 293 g/mol. The summed E-state index contributed by atoms with van der Waals surface area (Å²) < 4.78 is 31.7. The molecular weight excluding hydrogens is 279 g/mol. The summed E-state index contributed by atoms with van der Waals surface area (Å²) in [7, 11) is 2.03. The van der Waals surface area contributed by atoms with Crippen molar-refractivity contribution in [2.75, 3.05) is 20.1 Å². The number of hydrogen-bond acceptors (Lipinski definition) is 3. The molecule has 0 aromatic rings. The van der Waals surface area contributed by atoms with Crippen molar-refractivity contribution in [3.63, 3.8) is 0 Å². The first kappa shape index (κ1) is 19.3. The highest BCUT2D eigenvalue weighted by atomic mass is 35.5. The molecule has 2 N–H and O–H groups in total. The van der Waals surface area contributed by atoms with E-state index in [0.29, 0.717) is 0 Å². The Hall–Kier alpha value is -1.02. The van der Waals surface area contributed by atoms with Gasteiger partial charge in [0.05, 0.1) is 5.92 Å². The van der Waals surface area contributed by atoms with E-state index in [1.165, 1.54) is 0 Å². The Balaban J connectivity index is 0. The SMILES string of the molecule is CN1CCC(C(=O)O)CC1.Cl.O=C(O)C(F)(F)F. The van der Waals surface area contributed by atoms with Gasteiger partial charge in [-0.2, -0.15) is 13.2 Å². The molecule has 5 nitrogen and oxygen atoms in total. The first-order valence-electron chi connectivity index (χ1n) is 4.86. The lowest BCUT2D eigenvalue weighted by atomic mass is 9.98. The summed E-state index contributed by atoms with van der Waals surface area (Å²) in [5, 5.41) is 15.7. The molecule has 0 unspecified atom stereocenters. The van der Waals surface area contributed by atoms with E-state index in [0.717, 1.165) is 25.9 Å². The van der Waals surface area contributed by atoms with Crippen molar-refractivity contribution < 1.29 is 33.0 Å². The number of carboxylic acids is 2. The summed E-state index contributed by atoms with van der Waals surface area (Å²) in [4.78, 5) is 21.5. The minimum absolute atomic E-state index is 0. The highest BCUT2D eigenvalue weighted by Crippen LogP contribution is 2.15. The molecule has 1 heterocycles. The van der Waals surface area contributed by atoms with Crippen LogP contribution in [0.25, 0.3) is 0 Å². The maximum atomic E-state index is 10.6. The molecule has 1 fully saturated rings. The van der Waals surface area contributed by atoms with Gasteiger partial charge in [-0.3, -0.25) is 4.79 Å². The summed E-state index contributed by atoms with van der Waals surface area (Å²) in [5.74, 6) is -3.48. The van der Waals surface area contributed by atoms with E-state index in [4.69, 9.17) is 15.0 Å². The standard InChI is InChI=1S/C7H13NO2.C2HF3O2.ClH/c1-8-4-2-6(3-5-8)7(9)10;3-2(4,5)1(6)7;/h6H,2-5H2,1H3,(H,9,10);(H,6,7);1H. The molecule has 9 heteroatoms. The quantitative estimate of drug-likeness (QED) is 0.765. The van der Waals surface area contributed by atoms with Crippen LogP contribution in [-0.4, -0.2) is 53.4 Å². The molecule has 0 aliphatic carbocycles. The third kappa shape index (κ3) is 8.13. The highest BCUT2D eigenvalue weighted by Gasteiger charge is 2.38. The van der Waals surface area contributed by atoms with E-state index in [-0.39, 0.29) is 18.3 Å². The zero-order valence-corrected chi connectivity index (χ0v) is 10.4. The number of carboxylic acid groups (broad SMARTS) is 2. The molecule has 1 aliphatic heterocycles. The van der Waals surface area contributed by atoms with Crippen LogP contribution in [0.5, 0.6) is 0 Å². The zero-order valence-electron chi connectivity index (χ0n) is 9.61. The Morgan fingerprint density at radius 3 is 1.72 bits per heavy atom. The molecule has 1 saturated heterocycles. The Labute approximate surface area is 108 Å². The average molecular weight is 294 g/mol. The van der Waals surface area contributed by atoms with Crippen LogP contribution in [0.4, 0.5) is 13.2 Å². The van der Waals surface area contributed by atoms with Gasteiger partial charge in [-0.05, 0) is 33.0 Å². The largest absolute Gasteiger partial charge is 0.490 e. The number of rotatable bonds is 1. The number of piperidine rings is 1. The van der Waals surface area contributed by atoms with Crippen molar-refractivity contribution in [1.82, 2.24) is 4.90 Å². The summed E-state index contributed by atoms with van der Waals surface area (Å²) >= 11 is 0. The molecule has 0 spiro atoms. The van der Waals surface area contributed by atoms with Crippen LogP contribution in [-0.2, 0) is 9.59 Å². The molecule has 1 rings (SSSR count). The molecule has 18 heavy (non-hydrogen) atoms. The first-order valence-corrected chi connectivity index (χ1v) is 4.86. The van der Waals surface area contributed by atoms with Crippen molar-refractivity contribution in [2.45, 2.75) is 19.0 Å². The summed E-state index contributed by atoms with van der Waals surface area (Å²) in [6, 6.07) is 0. The number of halogens is 4. The van der Waals surface area contributed by atoms with Gasteiger partial charge in [-0.25, -0.2) is 4.79 Å². The van der Waals surface area contributed by atoms with Gasteiger partial charge in [0.15, 0.2) is 0 Å². The molecule has 0 atom stereocenters. The number of carbonyl (C=O) groups is 2. The maximum absolute atomic E-state index is 10.6. The zero-order chi connectivity index (χ0) is 13.6. The summed E-state index contributed by atoms with van der Waals surface area (Å²) in [5.41, 5.74) is 0.